The van der Waals surface area contributed by atoms with Crippen LogP contribution < -0.4 is 0 Å². The highest BCUT2D eigenvalue weighted by atomic mass is 32.2. The van der Waals surface area contributed by atoms with Gasteiger partial charge in [-0.1, -0.05) is 6.92 Å². The number of aliphatic hydroxyl groups excluding tert-OH is 1. The molecule has 102 valence electrons. The van der Waals surface area contributed by atoms with Crippen LogP contribution in [0.5, 0.6) is 0 Å². The SMILES string of the molecule is CCCN(CCO)S(=O)(=O)c1ccc(C(=O)O)s1. The highest BCUT2D eigenvalue weighted by Gasteiger charge is 2.25. The van der Waals surface area contributed by atoms with Crippen molar-refractivity contribution < 1.29 is 23.4 Å². The fraction of sp³-hybridized carbons (Fsp3) is 0.500. The number of carboxylic acids is 1. The normalized spacial score (nSPS) is 11.9. The van der Waals surface area contributed by atoms with Gasteiger partial charge >= 0.3 is 5.97 Å². The number of rotatable bonds is 7. The molecule has 1 aromatic rings. The summed E-state index contributed by atoms with van der Waals surface area (Å²) < 4.78 is 25.5. The lowest BCUT2D eigenvalue weighted by Gasteiger charge is -2.19. The molecule has 18 heavy (non-hydrogen) atoms. The maximum Gasteiger partial charge on any atom is 0.345 e. The number of thiophene rings is 1. The van der Waals surface area contributed by atoms with Crippen LogP contribution in [0.1, 0.15) is 23.0 Å². The average molecular weight is 293 g/mol. The Labute approximate surface area is 110 Å². The first-order chi connectivity index (χ1) is 8.43. The van der Waals surface area contributed by atoms with E-state index in [1.807, 2.05) is 6.92 Å². The van der Waals surface area contributed by atoms with Crippen LogP contribution in [-0.4, -0.2) is 48.6 Å². The third kappa shape index (κ3) is 3.29. The van der Waals surface area contributed by atoms with Crippen molar-refractivity contribution in [3.8, 4) is 0 Å². The lowest BCUT2D eigenvalue weighted by atomic mass is 10.5. The minimum Gasteiger partial charge on any atom is -0.477 e. The van der Waals surface area contributed by atoms with Gasteiger partial charge in [-0.2, -0.15) is 4.31 Å². The summed E-state index contributed by atoms with van der Waals surface area (Å²) in [6, 6.07) is 2.55. The van der Waals surface area contributed by atoms with Crippen LogP contribution >= 0.6 is 11.3 Å². The largest absolute Gasteiger partial charge is 0.477 e. The zero-order chi connectivity index (χ0) is 13.8. The molecule has 1 rings (SSSR count). The van der Waals surface area contributed by atoms with Crippen molar-refractivity contribution in [2.24, 2.45) is 0 Å². The van der Waals surface area contributed by atoms with Crippen LogP contribution in [0.4, 0.5) is 0 Å². The third-order valence-electron chi connectivity index (χ3n) is 2.21. The Morgan fingerprint density at radius 1 is 1.39 bits per heavy atom. The summed E-state index contributed by atoms with van der Waals surface area (Å²) in [5, 5.41) is 17.6. The monoisotopic (exact) mass is 293 g/mol. The van der Waals surface area contributed by atoms with Crippen LogP contribution in [0.15, 0.2) is 16.3 Å². The van der Waals surface area contributed by atoms with E-state index in [1.54, 1.807) is 0 Å². The first kappa shape index (κ1) is 15.1. The van der Waals surface area contributed by atoms with E-state index in [-0.39, 0.29) is 22.2 Å². The van der Waals surface area contributed by atoms with Crippen molar-refractivity contribution in [3.05, 3.63) is 17.0 Å². The highest BCUT2D eigenvalue weighted by Crippen LogP contribution is 2.25. The van der Waals surface area contributed by atoms with Gasteiger partial charge in [-0.25, -0.2) is 13.2 Å². The number of hydrogen-bond donors (Lipinski definition) is 2. The van der Waals surface area contributed by atoms with Gasteiger partial charge < -0.3 is 10.2 Å². The molecule has 6 nitrogen and oxygen atoms in total. The average Bonchev–Trinajstić information content (AvgIpc) is 2.78. The molecule has 0 radical (unpaired) electrons. The molecule has 1 aromatic heterocycles. The van der Waals surface area contributed by atoms with Gasteiger partial charge in [0.15, 0.2) is 0 Å². The predicted molar refractivity (Wildman–Crippen MR) is 67.4 cm³/mol. The van der Waals surface area contributed by atoms with Crippen LogP contribution in [-0.2, 0) is 10.0 Å². The van der Waals surface area contributed by atoms with Gasteiger partial charge in [0.1, 0.15) is 9.09 Å². The third-order valence-corrected chi connectivity index (χ3v) is 5.65. The van der Waals surface area contributed by atoms with Gasteiger partial charge in [-0.3, -0.25) is 0 Å². The predicted octanol–water partition coefficient (Wildman–Crippen LogP) is 0.839. The van der Waals surface area contributed by atoms with Crippen molar-refractivity contribution >= 4 is 27.3 Å². The van der Waals surface area contributed by atoms with E-state index < -0.39 is 16.0 Å². The molecule has 0 fully saturated rings. The molecule has 0 saturated heterocycles. The number of carboxylic acid groups (broad SMARTS) is 1. The first-order valence-electron chi connectivity index (χ1n) is 5.37. The zero-order valence-corrected chi connectivity index (χ0v) is 11.5. The molecule has 2 N–H and O–H groups in total. The smallest absolute Gasteiger partial charge is 0.345 e. The molecule has 0 aliphatic heterocycles. The summed E-state index contributed by atoms with van der Waals surface area (Å²) in [5.74, 6) is -1.15. The molecule has 0 bridgehead atoms. The van der Waals surface area contributed by atoms with E-state index in [4.69, 9.17) is 10.2 Å². The minimum atomic E-state index is -3.71. The van der Waals surface area contributed by atoms with Gasteiger partial charge in [-0.05, 0) is 18.6 Å². The van der Waals surface area contributed by atoms with Gasteiger partial charge in [-0.15, -0.1) is 11.3 Å². The number of carbonyl (C=O) groups is 1. The summed E-state index contributed by atoms with van der Waals surface area (Å²) >= 11 is 0.717. The highest BCUT2D eigenvalue weighted by molar-refractivity contribution is 7.91. The summed E-state index contributed by atoms with van der Waals surface area (Å²) in [4.78, 5) is 10.7. The van der Waals surface area contributed by atoms with E-state index in [1.165, 1.54) is 12.1 Å². The number of sulfonamides is 1. The molecule has 0 saturated carbocycles. The van der Waals surface area contributed by atoms with Gasteiger partial charge in [0.2, 0.25) is 0 Å². The van der Waals surface area contributed by atoms with Gasteiger partial charge in [0.05, 0.1) is 6.61 Å². The number of aliphatic hydroxyl groups is 1. The van der Waals surface area contributed by atoms with Gasteiger partial charge in [0.25, 0.3) is 10.0 Å². The zero-order valence-electron chi connectivity index (χ0n) is 9.87. The second kappa shape index (κ2) is 6.28. The fourth-order valence-electron chi connectivity index (χ4n) is 1.41. The molecule has 0 unspecified atom stereocenters. The molecule has 0 amide bonds. The molecule has 0 aliphatic carbocycles. The Kier molecular flexibility index (Phi) is 5.27. The van der Waals surface area contributed by atoms with E-state index >= 15 is 0 Å². The summed E-state index contributed by atoms with van der Waals surface area (Å²) in [6.45, 7) is 1.87. The summed E-state index contributed by atoms with van der Waals surface area (Å²) in [6.07, 6.45) is 0.621. The second-order valence-electron chi connectivity index (χ2n) is 3.55. The van der Waals surface area contributed by atoms with E-state index in [2.05, 4.69) is 0 Å². The number of nitrogens with zero attached hydrogens (tertiary/aromatic N) is 1. The minimum absolute atomic E-state index is 0.0104. The Balaban J connectivity index is 3.05. The first-order valence-corrected chi connectivity index (χ1v) is 7.63. The summed E-state index contributed by atoms with van der Waals surface area (Å²) in [5.41, 5.74) is 0. The van der Waals surface area contributed by atoms with Crippen LogP contribution in [0.25, 0.3) is 0 Å². The Morgan fingerprint density at radius 3 is 2.50 bits per heavy atom. The molecular weight excluding hydrogens is 278 g/mol. The Bertz CT molecular complexity index is 502. The second-order valence-corrected chi connectivity index (χ2v) is 6.80. The van der Waals surface area contributed by atoms with Crippen LogP contribution in [0.3, 0.4) is 0 Å². The van der Waals surface area contributed by atoms with Crippen molar-refractivity contribution in [1.29, 1.82) is 0 Å². The molecule has 0 aliphatic rings. The lowest BCUT2D eigenvalue weighted by Crippen LogP contribution is -2.33. The van der Waals surface area contributed by atoms with E-state index in [0.29, 0.717) is 13.0 Å². The summed E-state index contributed by atoms with van der Waals surface area (Å²) in [7, 11) is -3.71. The van der Waals surface area contributed by atoms with Crippen LogP contribution in [0, 0.1) is 0 Å². The molecule has 8 heteroatoms. The van der Waals surface area contributed by atoms with Crippen LogP contribution in [0.2, 0.25) is 0 Å². The number of aromatic carboxylic acids is 1. The standard InChI is InChI=1S/C10H15NO5S2/c1-2-5-11(6-7-12)18(15,16)9-4-3-8(17-9)10(13)14/h3-4,12H,2,5-7H2,1H3,(H,13,14). The van der Waals surface area contributed by atoms with E-state index in [9.17, 15) is 13.2 Å². The number of hydrogen-bond acceptors (Lipinski definition) is 5. The van der Waals surface area contributed by atoms with Crippen molar-refractivity contribution in [2.45, 2.75) is 17.6 Å². The molecule has 1 heterocycles. The topological polar surface area (TPSA) is 94.9 Å². The molecule has 0 spiro atoms. The molecule has 0 aromatic carbocycles. The Hall–Kier alpha value is -0.960. The van der Waals surface area contributed by atoms with Crippen molar-refractivity contribution in [2.75, 3.05) is 19.7 Å². The van der Waals surface area contributed by atoms with Crippen molar-refractivity contribution in [3.63, 3.8) is 0 Å². The molecular formula is C10H15NO5S2. The quantitative estimate of drug-likeness (QED) is 0.776. The molecule has 0 atom stereocenters. The van der Waals surface area contributed by atoms with Gasteiger partial charge in [0, 0.05) is 13.1 Å². The van der Waals surface area contributed by atoms with Crippen molar-refractivity contribution in [1.82, 2.24) is 4.31 Å². The maximum absolute atomic E-state index is 12.2. The Morgan fingerprint density at radius 2 is 2.06 bits per heavy atom. The lowest BCUT2D eigenvalue weighted by molar-refractivity contribution is 0.0702. The maximum atomic E-state index is 12.2. The van der Waals surface area contributed by atoms with E-state index in [0.717, 1.165) is 15.6 Å². The fourth-order valence-corrected chi connectivity index (χ4v) is 4.24.